The van der Waals surface area contributed by atoms with Crippen molar-refractivity contribution < 1.29 is 9.53 Å². The Morgan fingerprint density at radius 1 is 1.60 bits per heavy atom. The zero-order chi connectivity index (χ0) is 8.20. The van der Waals surface area contributed by atoms with Crippen molar-refractivity contribution in [1.82, 2.24) is 0 Å². The molecule has 0 aromatic rings. The van der Waals surface area contributed by atoms with E-state index >= 15 is 0 Å². The number of hydrogen-bond donors (Lipinski definition) is 0. The van der Waals surface area contributed by atoms with Crippen LogP contribution in [0, 0.1) is 0 Å². The predicted octanol–water partition coefficient (Wildman–Crippen LogP) is 2.11. The molecule has 0 aliphatic carbocycles. The van der Waals surface area contributed by atoms with Crippen LogP contribution < -0.4 is 0 Å². The van der Waals surface area contributed by atoms with E-state index in [9.17, 15) is 4.79 Å². The maximum atomic E-state index is 11.0. The Morgan fingerprint density at radius 3 is 2.40 bits per heavy atom. The lowest BCUT2D eigenvalue weighted by Crippen LogP contribution is -2.29. The summed E-state index contributed by atoms with van der Waals surface area (Å²) in [5.74, 6) is -0.183. The van der Waals surface area contributed by atoms with Gasteiger partial charge in [0.25, 0.3) is 0 Å². The van der Waals surface area contributed by atoms with Crippen molar-refractivity contribution in [3.63, 3.8) is 0 Å². The lowest BCUT2D eigenvalue weighted by Gasteiger charge is -2.17. The summed E-state index contributed by atoms with van der Waals surface area (Å²) in [6.45, 7) is 5.99. The van der Waals surface area contributed by atoms with Crippen molar-refractivity contribution in [3.05, 3.63) is 0 Å². The van der Waals surface area contributed by atoms with Crippen molar-refractivity contribution >= 4 is 21.9 Å². The van der Waals surface area contributed by atoms with Crippen molar-refractivity contribution in [2.45, 2.75) is 31.5 Å². The molecule has 0 aromatic heterocycles. The van der Waals surface area contributed by atoms with Crippen LogP contribution in [0.1, 0.15) is 27.2 Å². The number of alkyl halides is 1. The minimum Gasteiger partial charge on any atom is -0.465 e. The van der Waals surface area contributed by atoms with E-state index in [0.29, 0.717) is 6.61 Å². The van der Waals surface area contributed by atoms with Crippen LogP contribution in [-0.2, 0) is 9.53 Å². The van der Waals surface area contributed by atoms with Crippen LogP contribution in [-0.4, -0.2) is 16.9 Å². The SMILES string of the molecule is CCOC(=O)C(C)(Br)CC. The van der Waals surface area contributed by atoms with E-state index < -0.39 is 4.32 Å². The predicted molar refractivity (Wildman–Crippen MR) is 44.3 cm³/mol. The molecule has 0 aliphatic rings. The quantitative estimate of drug-likeness (QED) is 0.525. The molecule has 0 heterocycles. The fourth-order valence-corrected chi connectivity index (χ4v) is 0.540. The number of rotatable bonds is 3. The zero-order valence-electron chi connectivity index (χ0n) is 6.61. The van der Waals surface area contributed by atoms with Gasteiger partial charge in [0.15, 0.2) is 0 Å². The van der Waals surface area contributed by atoms with Gasteiger partial charge >= 0.3 is 5.97 Å². The second kappa shape index (κ2) is 3.96. The Morgan fingerprint density at radius 2 is 2.10 bits per heavy atom. The fraction of sp³-hybridized carbons (Fsp3) is 0.857. The second-order valence-corrected chi connectivity index (χ2v) is 4.02. The molecule has 0 rings (SSSR count). The monoisotopic (exact) mass is 208 g/mol. The summed E-state index contributed by atoms with van der Waals surface area (Å²) >= 11 is 3.27. The largest absolute Gasteiger partial charge is 0.465 e. The standard InChI is InChI=1S/C7H13BrO2/c1-4-7(3,8)6(9)10-5-2/h4-5H2,1-3H3. The van der Waals surface area contributed by atoms with Gasteiger partial charge in [0.2, 0.25) is 0 Å². The average molecular weight is 209 g/mol. The van der Waals surface area contributed by atoms with Gasteiger partial charge in [0, 0.05) is 0 Å². The molecule has 2 nitrogen and oxygen atoms in total. The Bertz CT molecular complexity index is 121. The average Bonchev–Trinajstić information content (AvgIpc) is 1.89. The van der Waals surface area contributed by atoms with Crippen LogP contribution in [0.5, 0.6) is 0 Å². The lowest BCUT2D eigenvalue weighted by atomic mass is 10.1. The minimum absolute atomic E-state index is 0.183. The van der Waals surface area contributed by atoms with E-state index in [1.54, 1.807) is 6.92 Å². The molecule has 3 heteroatoms. The number of carbonyl (C=O) groups excluding carboxylic acids is 1. The van der Waals surface area contributed by atoms with Crippen molar-refractivity contribution in [3.8, 4) is 0 Å². The molecule has 0 fully saturated rings. The molecule has 60 valence electrons. The number of halogens is 1. The highest BCUT2D eigenvalue weighted by atomic mass is 79.9. The lowest BCUT2D eigenvalue weighted by molar-refractivity contribution is -0.145. The topological polar surface area (TPSA) is 26.3 Å². The van der Waals surface area contributed by atoms with E-state index in [-0.39, 0.29) is 5.97 Å². The molecule has 0 saturated heterocycles. The summed E-state index contributed by atoms with van der Waals surface area (Å²) in [7, 11) is 0. The Hall–Kier alpha value is -0.0500. The molecule has 0 radical (unpaired) electrons. The van der Waals surface area contributed by atoms with Crippen LogP contribution >= 0.6 is 15.9 Å². The summed E-state index contributed by atoms with van der Waals surface area (Å²) in [6, 6.07) is 0. The smallest absolute Gasteiger partial charge is 0.322 e. The van der Waals surface area contributed by atoms with Gasteiger partial charge < -0.3 is 4.74 Å². The molecular formula is C7H13BrO2. The molecule has 1 atom stereocenters. The van der Waals surface area contributed by atoms with Gasteiger partial charge in [-0.1, -0.05) is 22.9 Å². The molecule has 0 N–H and O–H groups in total. The highest BCUT2D eigenvalue weighted by molar-refractivity contribution is 9.10. The normalized spacial score (nSPS) is 16.0. The van der Waals surface area contributed by atoms with Crippen LogP contribution in [0.3, 0.4) is 0 Å². The minimum atomic E-state index is -0.497. The Labute approximate surface area is 70.1 Å². The molecule has 0 bridgehead atoms. The fourth-order valence-electron chi connectivity index (χ4n) is 0.426. The van der Waals surface area contributed by atoms with Crippen molar-refractivity contribution in [2.75, 3.05) is 6.61 Å². The number of carbonyl (C=O) groups is 1. The van der Waals surface area contributed by atoms with Crippen molar-refractivity contribution in [1.29, 1.82) is 0 Å². The number of esters is 1. The van der Waals surface area contributed by atoms with Gasteiger partial charge in [-0.05, 0) is 20.3 Å². The third-order valence-electron chi connectivity index (χ3n) is 1.37. The van der Waals surface area contributed by atoms with Gasteiger partial charge in [0.1, 0.15) is 4.32 Å². The van der Waals surface area contributed by atoms with Crippen LogP contribution in [0.2, 0.25) is 0 Å². The second-order valence-electron chi connectivity index (χ2n) is 2.27. The van der Waals surface area contributed by atoms with E-state index in [1.165, 1.54) is 0 Å². The van der Waals surface area contributed by atoms with E-state index in [0.717, 1.165) is 6.42 Å². The molecule has 0 amide bonds. The summed E-state index contributed by atoms with van der Waals surface area (Å²) in [4.78, 5) is 11.0. The maximum Gasteiger partial charge on any atom is 0.322 e. The van der Waals surface area contributed by atoms with E-state index in [1.807, 2.05) is 13.8 Å². The first-order valence-electron chi connectivity index (χ1n) is 3.40. The number of ether oxygens (including phenoxy) is 1. The maximum absolute atomic E-state index is 11.0. The summed E-state index contributed by atoms with van der Waals surface area (Å²) in [6.07, 6.45) is 0.742. The molecular weight excluding hydrogens is 196 g/mol. The molecule has 0 spiro atoms. The van der Waals surface area contributed by atoms with Crippen LogP contribution in [0.4, 0.5) is 0 Å². The third-order valence-corrected chi connectivity index (χ3v) is 2.25. The van der Waals surface area contributed by atoms with Gasteiger partial charge in [-0.25, -0.2) is 0 Å². The van der Waals surface area contributed by atoms with Gasteiger partial charge in [-0.2, -0.15) is 0 Å². The summed E-state index contributed by atoms with van der Waals surface area (Å²) < 4.78 is 4.31. The first-order valence-corrected chi connectivity index (χ1v) is 4.20. The van der Waals surface area contributed by atoms with E-state index in [4.69, 9.17) is 4.74 Å². The van der Waals surface area contributed by atoms with Gasteiger partial charge in [-0.15, -0.1) is 0 Å². The zero-order valence-corrected chi connectivity index (χ0v) is 8.19. The molecule has 0 aromatic carbocycles. The van der Waals surface area contributed by atoms with E-state index in [2.05, 4.69) is 15.9 Å². The molecule has 0 aliphatic heterocycles. The third kappa shape index (κ3) is 2.69. The van der Waals surface area contributed by atoms with Crippen molar-refractivity contribution in [2.24, 2.45) is 0 Å². The summed E-state index contributed by atoms with van der Waals surface area (Å²) in [5.41, 5.74) is 0. The molecule has 0 saturated carbocycles. The molecule has 1 unspecified atom stereocenters. The first-order chi connectivity index (χ1) is 4.54. The highest BCUT2D eigenvalue weighted by Crippen LogP contribution is 2.22. The van der Waals surface area contributed by atoms with Crippen LogP contribution in [0.15, 0.2) is 0 Å². The molecule has 10 heavy (non-hydrogen) atoms. The highest BCUT2D eigenvalue weighted by Gasteiger charge is 2.28. The van der Waals surface area contributed by atoms with Crippen LogP contribution in [0.25, 0.3) is 0 Å². The summed E-state index contributed by atoms with van der Waals surface area (Å²) in [5, 5.41) is 0. The Balaban J connectivity index is 3.91. The van der Waals surface area contributed by atoms with Gasteiger partial charge in [0.05, 0.1) is 6.61 Å². The van der Waals surface area contributed by atoms with Gasteiger partial charge in [-0.3, -0.25) is 4.79 Å². The first kappa shape index (κ1) is 9.95. The number of hydrogen-bond acceptors (Lipinski definition) is 2. The Kier molecular flexibility index (Phi) is 3.94.